The molecule has 3 N–H and O–H groups in total. The minimum Gasteiger partial charge on any atom is -0.489 e. The van der Waals surface area contributed by atoms with E-state index in [1.807, 2.05) is 26.0 Å². The van der Waals surface area contributed by atoms with Crippen LogP contribution in [0.25, 0.3) is 21.1 Å². The zero-order chi connectivity index (χ0) is 20.8. The molecule has 1 unspecified atom stereocenters. The summed E-state index contributed by atoms with van der Waals surface area (Å²) in [7, 11) is 0. The predicted octanol–water partition coefficient (Wildman–Crippen LogP) is 4.29. The average molecular weight is 423 g/mol. The Hall–Kier alpha value is -3.20. The minimum absolute atomic E-state index is 0.0122. The molecule has 8 nitrogen and oxygen atoms in total. The summed E-state index contributed by atoms with van der Waals surface area (Å²) in [5.74, 6) is 0.363. The van der Waals surface area contributed by atoms with Crippen molar-refractivity contribution in [2.45, 2.75) is 39.2 Å². The topological polar surface area (TPSA) is 113 Å². The number of nitrogens with zero attached hydrogens (tertiary/aromatic N) is 3. The number of hydrogen-bond acceptors (Lipinski definition) is 7. The molecular formula is C21H21N5O3S. The molecule has 0 aliphatic heterocycles. The minimum atomic E-state index is -0.730. The number of rotatable bonds is 5. The van der Waals surface area contributed by atoms with E-state index < -0.39 is 5.97 Å². The second-order valence-corrected chi connectivity index (χ2v) is 8.87. The van der Waals surface area contributed by atoms with Crippen molar-refractivity contribution >= 4 is 49.9 Å². The van der Waals surface area contributed by atoms with Crippen molar-refractivity contribution in [3.8, 4) is 5.75 Å². The third-order valence-electron chi connectivity index (χ3n) is 5.35. The van der Waals surface area contributed by atoms with E-state index in [2.05, 4.69) is 25.5 Å². The molecular weight excluding hydrogens is 402 g/mol. The molecule has 0 fully saturated rings. The second kappa shape index (κ2) is 7.24. The van der Waals surface area contributed by atoms with Crippen molar-refractivity contribution in [3.63, 3.8) is 0 Å². The number of carbonyl (C=O) groups is 1. The molecule has 1 atom stereocenters. The first kappa shape index (κ1) is 18.8. The number of aromatic nitrogens is 4. The van der Waals surface area contributed by atoms with Gasteiger partial charge < -0.3 is 15.2 Å². The van der Waals surface area contributed by atoms with E-state index in [1.54, 1.807) is 23.9 Å². The lowest BCUT2D eigenvalue weighted by atomic mass is 9.88. The van der Waals surface area contributed by atoms with E-state index in [1.165, 1.54) is 0 Å². The van der Waals surface area contributed by atoms with Gasteiger partial charge in [0.05, 0.1) is 34.8 Å². The quantitative estimate of drug-likeness (QED) is 0.439. The van der Waals surface area contributed by atoms with Crippen LogP contribution in [0.2, 0.25) is 0 Å². The standard InChI is InChI=1S/C21H21N5O3S/c1-10(2)29-16-7-14-12(8-24-26-14)5-15(16)25-19-18-13-4-3-11(21(27)28)6-17(13)30-20(18)23-9-22-19/h5,7-11H,3-4,6H2,1-2H3,(H,24,26)(H,27,28)(H,22,23,25). The van der Waals surface area contributed by atoms with E-state index >= 15 is 0 Å². The van der Waals surface area contributed by atoms with Crippen LogP contribution in [0, 0.1) is 5.92 Å². The first-order valence-electron chi connectivity index (χ1n) is 9.88. The molecule has 0 amide bonds. The van der Waals surface area contributed by atoms with Crippen LogP contribution in [0.15, 0.2) is 24.7 Å². The van der Waals surface area contributed by atoms with Gasteiger partial charge in [-0.2, -0.15) is 5.10 Å². The summed E-state index contributed by atoms with van der Waals surface area (Å²) in [5, 5.41) is 21.9. The number of ether oxygens (including phenoxy) is 1. The predicted molar refractivity (Wildman–Crippen MR) is 116 cm³/mol. The van der Waals surface area contributed by atoms with Crippen molar-refractivity contribution < 1.29 is 14.6 Å². The summed E-state index contributed by atoms with van der Waals surface area (Å²) in [6.07, 6.45) is 5.22. The summed E-state index contributed by atoms with van der Waals surface area (Å²) in [4.78, 5) is 22.4. The van der Waals surface area contributed by atoms with Crippen LogP contribution >= 0.6 is 11.3 Å². The lowest BCUT2D eigenvalue weighted by molar-refractivity contribution is -0.142. The van der Waals surface area contributed by atoms with Crippen LogP contribution < -0.4 is 10.1 Å². The molecule has 154 valence electrons. The van der Waals surface area contributed by atoms with Crippen molar-refractivity contribution in [2.24, 2.45) is 5.92 Å². The summed E-state index contributed by atoms with van der Waals surface area (Å²) in [6, 6.07) is 3.92. The van der Waals surface area contributed by atoms with Crippen LogP contribution in [-0.4, -0.2) is 37.3 Å². The van der Waals surface area contributed by atoms with Gasteiger partial charge in [0, 0.05) is 16.3 Å². The van der Waals surface area contributed by atoms with Crippen molar-refractivity contribution in [1.29, 1.82) is 0 Å². The van der Waals surface area contributed by atoms with Gasteiger partial charge in [-0.3, -0.25) is 9.89 Å². The molecule has 9 heteroatoms. The zero-order valence-electron chi connectivity index (χ0n) is 16.6. The third-order valence-corrected chi connectivity index (χ3v) is 6.51. The highest BCUT2D eigenvalue weighted by molar-refractivity contribution is 7.19. The van der Waals surface area contributed by atoms with Gasteiger partial charge >= 0.3 is 5.97 Å². The number of fused-ring (bicyclic) bond motifs is 4. The molecule has 0 saturated heterocycles. The fourth-order valence-corrected chi connectivity index (χ4v) is 5.23. The van der Waals surface area contributed by atoms with Gasteiger partial charge in [0.2, 0.25) is 0 Å². The Bertz CT molecular complexity index is 1260. The van der Waals surface area contributed by atoms with Crippen LogP contribution in [0.5, 0.6) is 5.75 Å². The number of carboxylic acid groups (broad SMARTS) is 1. The number of thiophene rings is 1. The molecule has 0 radical (unpaired) electrons. The van der Waals surface area contributed by atoms with Gasteiger partial charge in [-0.05, 0) is 44.7 Å². The van der Waals surface area contributed by atoms with E-state index in [4.69, 9.17) is 4.74 Å². The van der Waals surface area contributed by atoms with E-state index in [0.717, 1.165) is 37.2 Å². The molecule has 3 aromatic heterocycles. The number of hydrogen-bond donors (Lipinski definition) is 3. The molecule has 30 heavy (non-hydrogen) atoms. The number of carboxylic acids is 1. The summed E-state index contributed by atoms with van der Waals surface area (Å²) < 4.78 is 6.03. The number of aromatic amines is 1. The molecule has 0 bridgehead atoms. The van der Waals surface area contributed by atoms with Crippen molar-refractivity contribution in [3.05, 3.63) is 35.1 Å². The highest BCUT2D eigenvalue weighted by Crippen LogP contribution is 2.41. The number of benzene rings is 1. The maximum atomic E-state index is 11.4. The highest BCUT2D eigenvalue weighted by Gasteiger charge is 2.29. The molecule has 1 aliphatic carbocycles. The number of aliphatic carboxylic acids is 1. The molecule has 1 aromatic carbocycles. The number of anilines is 2. The molecule has 5 rings (SSSR count). The first-order chi connectivity index (χ1) is 14.5. The Morgan fingerprint density at radius 3 is 3.03 bits per heavy atom. The fourth-order valence-electron chi connectivity index (χ4n) is 3.96. The number of nitrogens with one attached hydrogen (secondary N) is 2. The second-order valence-electron chi connectivity index (χ2n) is 7.78. The van der Waals surface area contributed by atoms with Gasteiger partial charge in [-0.15, -0.1) is 11.3 Å². The molecule has 0 saturated carbocycles. The van der Waals surface area contributed by atoms with Gasteiger partial charge in [-0.1, -0.05) is 0 Å². The summed E-state index contributed by atoms with van der Waals surface area (Å²) >= 11 is 1.56. The Morgan fingerprint density at radius 2 is 2.23 bits per heavy atom. The molecule has 4 aromatic rings. The smallest absolute Gasteiger partial charge is 0.306 e. The first-order valence-corrected chi connectivity index (χ1v) is 10.7. The number of aryl methyl sites for hydroxylation is 1. The maximum Gasteiger partial charge on any atom is 0.306 e. The van der Waals surface area contributed by atoms with Gasteiger partial charge in [0.25, 0.3) is 0 Å². The van der Waals surface area contributed by atoms with Crippen molar-refractivity contribution in [1.82, 2.24) is 20.2 Å². The van der Waals surface area contributed by atoms with Crippen molar-refractivity contribution in [2.75, 3.05) is 5.32 Å². The van der Waals surface area contributed by atoms with Crippen LogP contribution in [0.4, 0.5) is 11.5 Å². The lowest BCUT2D eigenvalue weighted by Gasteiger charge is -2.19. The van der Waals surface area contributed by atoms with Crippen LogP contribution in [-0.2, 0) is 17.6 Å². The maximum absolute atomic E-state index is 11.4. The number of H-pyrrole nitrogens is 1. The summed E-state index contributed by atoms with van der Waals surface area (Å²) in [5.41, 5.74) is 2.86. The average Bonchev–Trinajstić information content (AvgIpc) is 3.31. The van der Waals surface area contributed by atoms with Gasteiger partial charge in [-0.25, -0.2) is 9.97 Å². The summed E-state index contributed by atoms with van der Waals surface area (Å²) in [6.45, 7) is 3.97. The van der Waals surface area contributed by atoms with E-state index in [9.17, 15) is 9.90 Å². The van der Waals surface area contributed by atoms with E-state index in [0.29, 0.717) is 30.8 Å². The Morgan fingerprint density at radius 1 is 1.37 bits per heavy atom. The fraction of sp³-hybridized carbons (Fsp3) is 0.333. The molecule has 1 aliphatic rings. The third kappa shape index (κ3) is 3.24. The lowest BCUT2D eigenvalue weighted by Crippen LogP contribution is -2.21. The normalized spacial score (nSPS) is 16.2. The van der Waals surface area contributed by atoms with E-state index in [-0.39, 0.29) is 12.0 Å². The monoisotopic (exact) mass is 423 g/mol. The Kier molecular flexibility index (Phi) is 4.54. The SMILES string of the molecule is CC(C)Oc1cc2[nH]ncc2cc1Nc1ncnc2sc3c(c12)CCC(C(=O)O)C3. The van der Waals surface area contributed by atoms with Gasteiger partial charge in [0.1, 0.15) is 22.7 Å². The molecule has 3 heterocycles. The largest absolute Gasteiger partial charge is 0.489 e. The zero-order valence-corrected chi connectivity index (χ0v) is 17.4. The Labute approximate surface area is 176 Å². The molecule has 0 spiro atoms. The van der Waals surface area contributed by atoms with Gasteiger partial charge in [0.15, 0.2) is 0 Å². The van der Waals surface area contributed by atoms with Crippen LogP contribution in [0.1, 0.15) is 30.7 Å². The Balaban J connectivity index is 1.59. The highest BCUT2D eigenvalue weighted by atomic mass is 32.1. The van der Waals surface area contributed by atoms with Crippen LogP contribution in [0.3, 0.4) is 0 Å².